The molecule has 2 heterocycles. The largest absolute Gasteiger partial charge is 0.504 e. The molecule has 1 aliphatic rings. The number of para-hydroxylation sites is 2. The minimum Gasteiger partial charge on any atom is -0.504 e. The summed E-state index contributed by atoms with van der Waals surface area (Å²) in [5.41, 5.74) is 4.96. The SMILES string of the molecule is C=CC(C)(C)c1[nH]c2ccccc2c1C1=C(O)C(=O)C(c2c[nH]c3c(CC=C(C)C)cccc23)=C(OC)C1=O. The number of benzene rings is 2. The van der Waals surface area contributed by atoms with E-state index in [-0.39, 0.29) is 16.9 Å². The fourth-order valence-corrected chi connectivity index (χ4v) is 5.24. The number of fused-ring (bicyclic) bond motifs is 2. The molecule has 0 unspecified atom stereocenters. The first-order valence-electron chi connectivity index (χ1n) is 12.9. The number of hydrogen-bond acceptors (Lipinski definition) is 4. The molecule has 6 nitrogen and oxygen atoms in total. The summed E-state index contributed by atoms with van der Waals surface area (Å²) in [5.74, 6) is -1.91. The van der Waals surface area contributed by atoms with Gasteiger partial charge < -0.3 is 19.8 Å². The van der Waals surface area contributed by atoms with Crippen LogP contribution in [0.25, 0.3) is 33.0 Å². The van der Waals surface area contributed by atoms with Crippen molar-refractivity contribution in [3.05, 3.63) is 107 Å². The Morgan fingerprint density at radius 3 is 2.44 bits per heavy atom. The van der Waals surface area contributed by atoms with Crippen LogP contribution in [0.15, 0.2) is 84.5 Å². The monoisotopic (exact) mass is 520 g/mol. The van der Waals surface area contributed by atoms with E-state index in [0.29, 0.717) is 16.8 Å². The highest BCUT2D eigenvalue weighted by Crippen LogP contribution is 2.43. The maximum Gasteiger partial charge on any atom is 0.232 e. The van der Waals surface area contributed by atoms with Gasteiger partial charge in [-0.2, -0.15) is 0 Å². The van der Waals surface area contributed by atoms with E-state index in [1.165, 1.54) is 12.7 Å². The van der Waals surface area contributed by atoms with Gasteiger partial charge in [0.2, 0.25) is 11.6 Å². The molecule has 0 atom stereocenters. The molecule has 0 saturated carbocycles. The van der Waals surface area contributed by atoms with E-state index in [0.717, 1.165) is 33.8 Å². The number of aromatic nitrogens is 2. The van der Waals surface area contributed by atoms with Crippen LogP contribution in [0.2, 0.25) is 0 Å². The Kier molecular flexibility index (Phi) is 6.43. The molecule has 0 radical (unpaired) electrons. The predicted octanol–water partition coefficient (Wildman–Crippen LogP) is 7.10. The fraction of sp³-hybridized carbons (Fsp3) is 0.212. The number of aliphatic hydroxyl groups excluding tert-OH is 1. The summed E-state index contributed by atoms with van der Waals surface area (Å²) in [6, 6.07) is 13.3. The lowest BCUT2D eigenvalue weighted by Crippen LogP contribution is -2.25. The summed E-state index contributed by atoms with van der Waals surface area (Å²) in [5, 5.41) is 12.9. The molecule has 0 spiro atoms. The summed E-state index contributed by atoms with van der Waals surface area (Å²) in [6.45, 7) is 12.0. The smallest absolute Gasteiger partial charge is 0.232 e. The standard InChI is InChI=1S/C33H32N2O4/c1-7-33(4,5)32-24(21-12-8-9-14-23(21)35-32)26-29(37)28(36)25(31(39-6)30(26)38)22-17-34-27-19(16-15-18(2)3)11-10-13-20(22)27/h7-15,17,34-35,37H,1,16H2,2-6H3. The van der Waals surface area contributed by atoms with Crippen LogP contribution in [0.1, 0.15) is 50.1 Å². The van der Waals surface area contributed by atoms with Crippen LogP contribution in [0, 0.1) is 0 Å². The zero-order valence-corrected chi connectivity index (χ0v) is 22.9. The second-order valence-corrected chi connectivity index (χ2v) is 10.7. The van der Waals surface area contributed by atoms with E-state index in [1.54, 1.807) is 12.3 Å². The average molecular weight is 521 g/mol. The lowest BCUT2D eigenvalue weighted by atomic mass is 9.80. The minimum atomic E-state index is -0.662. The third-order valence-electron chi connectivity index (χ3n) is 7.46. The molecular formula is C33H32N2O4. The second-order valence-electron chi connectivity index (χ2n) is 10.7. The maximum atomic E-state index is 14.1. The van der Waals surface area contributed by atoms with Crippen molar-refractivity contribution in [2.75, 3.05) is 7.11 Å². The lowest BCUT2D eigenvalue weighted by Gasteiger charge is -2.24. The van der Waals surface area contributed by atoms with Crippen molar-refractivity contribution >= 4 is 44.5 Å². The zero-order chi connectivity index (χ0) is 28.1. The lowest BCUT2D eigenvalue weighted by molar-refractivity contribution is -0.117. The summed E-state index contributed by atoms with van der Waals surface area (Å²) in [6.07, 6.45) is 6.33. The van der Waals surface area contributed by atoms with Gasteiger partial charge in [-0.15, -0.1) is 6.58 Å². The molecule has 5 rings (SSSR count). The highest BCUT2D eigenvalue weighted by molar-refractivity contribution is 6.48. The first-order valence-corrected chi connectivity index (χ1v) is 12.9. The van der Waals surface area contributed by atoms with Gasteiger partial charge in [-0.05, 0) is 31.9 Å². The predicted molar refractivity (Wildman–Crippen MR) is 156 cm³/mol. The average Bonchev–Trinajstić information content (AvgIpc) is 3.52. The molecule has 6 heteroatoms. The van der Waals surface area contributed by atoms with Crippen molar-refractivity contribution in [3.63, 3.8) is 0 Å². The summed E-state index contributed by atoms with van der Waals surface area (Å²) in [7, 11) is 1.37. The number of aliphatic hydroxyl groups is 1. The van der Waals surface area contributed by atoms with Crippen molar-refractivity contribution in [3.8, 4) is 0 Å². The Balaban J connectivity index is 1.73. The van der Waals surface area contributed by atoms with Crippen LogP contribution in [-0.2, 0) is 26.2 Å². The van der Waals surface area contributed by atoms with Crippen LogP contribution >= 0.6 is 0 Å². The molecule has 3 N–H and O–H groups in total. The number of hydrogen-bond donors (Lipinski definition) is 3. The number of nitrogens with one attached hydrogen (secondary N) is 2. The molecule has 1 aliphatic carbocycles. The highest BCUT2D eigenvalue weighted by atomic mass is 16.5. The number of carbonyl (C=O) groups excluding carboxylic acids is 2. The quantitative estimate of drug-likeness (QED) is 0.179. The summed E-state index contributed by atoms with van der Waals surface area (Å²) >= 11 is 0. The minimum absolute atomic E-state index is 0.0405. The van der Waals surface area contributed by atoms with Crippen LogP contribution < -0.4 is 0 Å². The van der Waals surface area contributed by atoms with E-state index in [9.17, 15) is 14.7 Å². The first-order chi connectivity index (χ1) is 18.6. The molecule has 0 aliphatic heterocycles. The number of carbonyl (C=O) groups is 2. The second kappa shape index (κ2) is 9.62. The number of allylic oxidation sites excluding steroid dienone is 5. The van der Waals surface area contributed by atoms with Gasteiger partial charge in [0.1, 0.15) is 0 Å². The third-order valence-corrected chi connectivity index (χ3v) is 7.46. The van der Waals surface area contributed by atoms with Gasteiger partial charge in [0.25, 0.3) is 0 Å². The first kappa shape index (κ1) is 26.0. The molecule has 0 amide bonds. The molecular weight excluding hydrogens is 488 g/mol. The number of ether oxygens (including phenoxy) is 1. The zero-order valence-electron chi connectivity index (χ0n) is 22.9. The number of aromatic amines is 2. The summed E-state index contributed by atoms with van der Waals surface area (Å²) in [4.78, 5) is 34.7. The molecule has 2 aromatic heterocycles. The van der Waals surface area contributed by atoms with Gasteiger partial charge in [-0.25, -0.2) is 0 Å². The maximum absolute atomic E-state index is 14.1. The Morgan fingerprint density at radius 1 is 1.03 bits per heavy atom. The van der Waals surface area contributed by atoms with Crippen LogP contribution in [0.4, 0.5) is 0 Å². The van der Waals surface area contributed by atoms with E-state index in [4.69, 9.17) is 4.74 Å². The number of methoxy groups -OCH3 is 1. The van der Waals surface area contributed by atoms with Crippen molar-refractivity contribution in [1.82, 2.24) is 9.97 Å². The molecule has 2 aromatic carbocycles. The topological polar surface area (TPSA) is 95.2 Å². The van der Waals surface area contributed by atoms with E-state index >= 15 is 0 Å². The Bertz CT molecular complexity index is 1770. The number of rotatable bonds is 7. The highest BCUT2D eigenvalue weighted by Gasteiger charge is 2.41. The van der Waals surface area contributed by atoms with Gasteiger partial charge in [0.05, 0.1) is 18.3 Å². The molecule has 0 fully saturated rings. The Hall–Kier alpha value is -4.58. The molecule has 198 valence electrons. The molecule has 0 bridgehead atoms. The number of Topliss-reactive ketones (excluding diaryl/α,β-unsaturated/α-hetero) is 2. The van der Waals surface area contributed by atoms with Crippen molar-refractivity contribution in [1.29, 1.82) is 0 Å². The van der Waals surface area contributed by atoms with Gasteiger partial charge in [-0.1, -0.05) is 68.0 Å². The summed E-state index contributed by atoms with van der Waals surface area (Å²) < 4.78 is 5.62. The van der Waals surface area contributed by atoms with Gasteiger partial charge in [-0.3, -0.25) is 9.59 Å². The molecule has 39 heavy (non-hydrogen) atoms. The van der Waals surface area contributed by atoms with E-state index < -0.39 is 22.7 Å². The molecule has 4 aromatic rings. The Morgan fingerprint density at radius 2 is 1.74 bits per heavy atom. The van der Waals surface area contributed by atoms with E-state index in [2.05, 4.69) is 22.6 Å². The van der Waals surface area contributed by atoms with Crippen molar-refractivity contribution in [2.24, 2.45) is 0 Å². The normalized spacial score (nSPS) is 14.5. The van der Waals surface area contributed by atoms with Crippen LogP contribution in [0.5, 0.6) is 0 Å². The Labute approximate surface area is 227 Å². The van der Waals surface area contributed by atoms with Crippen LogP contribution in [0.3, 0.4) is 0 Å². The van der Waals surface area contributed by atoms with Crippen molar-refractivity contribution in [2.45, 2.75) is 39.5 Å². The van der Waals surface area contributed by atoms with Gasteiger partial charge in [0.15, 0.2) is 11.5 Å². The van der Waals surface area contributed by atoms with E-state index in [1.807, 2.05) is 70.2 Å². The number of H-pyrrole nitrogens is 2. The van der Waals surface area contributed by atoms with Crippen molar-refractivity contribution < 1.29 is 19.4 Å². The number of ketones is 2. The third kappa shape index (κ3) is 4.13. The molecule has 0 saturated heterocycles. The van der Waals surface area contributed by atoms with Gasteiger partial charge >= 0.3 is 0 Å². The van der Waals surface area contributed by atoms with Crippen LogP contribution in [-0.4, -0.2) is 33.8 Å². The van der Waals surface area contributed by atoms with Gasteiger partial charge in [0, 0.05) is 50.2 Å². The fourth-order valence-electron chi connectivity index (χ4n) is 5.24.